The van der Waals surface area contributed by atoms with E-state index in [1.54, 1.807) is 0 Å². The lowest BCUT2D eigenvalue weighted by atomic mass is 10.1. The summed E-state index contributed by atoms with van der Waals surface area (Å²) < 4.78 is 0. The van der Waals surface area contributed by atoms with Crippen LogP contribution in [0.15, 0.2) is 18.2 Å². The van der Waals surface area contributed by atoms with Crippen molar-refractivity contribution in [3.8, 4) is 5.75 Å². The summed E-state index contributed by atoms with van der Waals surface area (Å²) in [4.78, 5) is 31.6. The number of para-hydroxylation sites is 1. The van der Waals surface area contributed by atoms with E-state index in [9.17, 15) is 9.59 Å². The fourth-order valence-corrected chi connectivity index (χ4v) is 1.27. The molecule has 0 unspecified atom stereocenters. The maximum Gasteiger partial charge on any atom is 0.339 e. The second kappa shape index (κ2) is 6.61. The molecule has 0 spiro atoms. The molecule has 0 amide bonds. The van der Waals surface area contributed by atoms with Crippen molar-refractivity contribution < 1.29 is 29.6 Å². The van der Waals surface area contributed by atoms with E-state index < -0.39 is 11.9 Å². The van der Waals surface area contributed by atoms with Crippen LogP contribution in [0.25, 0.3) is 0 Å². The van der Waals surface area contributed by atoms with Gasteiger partial charge in [-0.3, -0.25) is 0 Å². The maximum absolute atomic E-state index is 11.0. The van der Waals surface area contributed by atoms with Gasteiger partial charge < -0.3 is 15.1 Å². The van der Waals surface area contributed by atoms with Crippen LogP contribution < -0.4 is 4.89 Å². The molecule has 0 aliphatic heterocycles. The molecular formula is C12H14O6. The van der Waals surface area contributed by atoms with Crippen molar-refractivity contribution in [2.45, 2.75) is 19.8 Å². The van der Waals surface area contributed by atoms with E-state index in [-0.39, 0.29) is 23.5 Å². The molecule has 1 aromatic rings. The van der Waals surface area contributed by atoms with Gasteiger partial charge in [0.05, 0.1) is 6.61 Å². The van der Waals surface area contributed by atoms with Crippen molar-refractivity contribution in [3.05, 3.63) is 29.3 Å². The third-order valence-electron chi connectivity index (χ3n) is 2.20. The quantitative estimate of drug-likeness (QED) is 0.440. The summed E-state index contributed by atoms with van der Waals surface area (Å²) in [6.07, 6.45) is 1.62. The highest BCUT2D eigenvalue weighted by atomic mass is 17.2. The first-order valence-corrected chi connectivity index (χ1v) is 5.47. The van der Waals surface area contributed by atoms with Crippen LogP contribution in [0, 0.1) is 0 Å². The summed E-state index contributed by atoms with van der Waals surface area (Å²) in [6, 6.07) is 3.85. The van der Waals surface area contributed by atoms with Gasteiger partial charge >= 0.3 is 11.9 Å². The van der Waals surface area contributed by atoms with Crippen molar-refractivity contribution in [2.75, 3.05) is 6.61 Å². The number of carbonyl (C=O) groups is 2. The van der Waals surface area contributed by atoms with Gasteiger partial charge in [0.1, 0.15) is 11.1 Å². The van der Waals surface area contributed by atoms with Crippen molar-refractivity contribution in [3.63, 3.8) is 0 Å². The minimum atomic E-state index is -1.27. The molecule has 0 heterocycles. The third kappa shape index (κ3) is 3.46. The minimum Gasteiger partial charge on any atom is -0.478 e. The Morgan fingerprint density at radius 3 is 2.17 bits per heavy atom. The first-order valence-electron chi connectivity index (χ1n) is 5.47. The Hall–Kier alpha value is -2.08. The average molecular weight is 254 g/mol. The summed E-state index contributed by atoms with van der Waals surface area (Å²) in [6.45, 7) is 2.22. The lowest BCUT2D eigenvalue weighted by Gasteiger charge is -2.09. The van der Waals surface area contributed by atoms with Gasteiger partial charge in [0, 0.05) is 0 Å². The van der Waals surface area contributed by atoms with Gasteiger partial charge in [-0.15, -0.1) is 0 Å². The van der Waals surface area contributed by atoms with Crippen molar-refractivity contribution in [1.29, 1.82) is 0 Å². The molecule has 0 saturated carbocycles. The molecule has 0 atom stereocenters. The Morgan fingerprint density at radius 1 is 1.17 bits per heavy atom. The molecule has 0 fully saturated rings. The molecule has 98 valence electrons. The highest BCUT2D eigenvalue weighted by molar-refractivity contribution is 5.98. The molecule has 0 saturated heterocycles. The Balaban J connectivity index is 2.96. The number of aromatic carboxylic acids is 2. The smallest absolute Gasteiger partial charge is 0.339 e. The number of benzene rings is 1. The van der Waals surface area contributed by atoms with Crippen molar-refractivity contribution >= 4 is 11.9 Å². The first kappa shape index (κ1) is 14.0. The molecule has 0 aliphatic carbocycles. The van der Waals surface area contributed by atoms with Gasteiger partial charge in [-0.05, 0) is 18.6 Å². The third-order valence-corrected chi connectivity index (χ3v) is 2.20. The van der Waals surface area contributed by atoms with Gasteiger partial charge in [-0.25, -0.2) is 9.59 Å². The predicted molar refractivity (Wildman–Crippen MR) is 61.8 cm³/mol. The molecule has 1 aromatic carbocycles. The molecule has 2 N–H and O–H groups in total. The van der Waals surface area contributed by atoms with Gasteiger partial charge in [0.2, 0.25) is 0 Å². The normalized spacial score (nSPS) is 10.1. The van der Waals surface area contributed by atoms with Crippen LogP contribution >= 0.6 is 0 Å². The number of hydrogen-bond donors (Lipinski definition) is 2. The fourth-order valence-electron chi connectivity index (χ4n) is 1.27. The zero-order valence-corrected chi connectivity index (χ0v) is 9.88. The Bertz CT molecular complexity index is 408. The van der Waals surface area contributed by atoms with Crippen LogP contribution in [0.3, 0.4) is 0 Å². The average Bonchev–Trinajstić information content (AvgIpc) is 2.34. The number of carboxylic acid groups (broad SMARTS) is 2. The van der Waals surface area contributed by atoms with Crippen LogP contribution in [0.2, 0.25) is 0 Å². The first-order chi connectivity index (χ1) is 8.57. The zero-order valence-electron chi connectivity index (χ0n) is 9.88. The summed E-state index contributed by atoms with van der Waals surface area (Å²) in [5, 5.41) is 17.9. The lowest BCUT2D eigenvalue weighted by molar-refractivity contribution is -0.207. The van der Waals surface area contributed by atoms with E-state index in [2.05, 4.69) is 0 Å². The molecule has 6 nitrogen and oxygen atoms in total. The SMILES string of the molecule is CCCCOOc1c(C(=O)O)cccc1C(=O)O. The van der Waals surface area contributed by atoms with E-state index in [1.807, 2.05) is 6.92 Å². The number of carboxylic acids is 2. The van der Waals surface area contributed by atoms with E-state index in [0.29, 0.717) is 0 Å². The molecule has 0 aliphatic rings. The van der Waals surface area contributed by atoms with Gasteiger partial charge in [-0.1, -0.05) is 19.4 Å². The van der Waals surface area contributed by atoms with E-state index in [1.165, 1.54) is 18.2 Å². The summed E-state index contributed by atoms with van der Waals surface area (Å²) in [5.74, 6) is -2.83. The predicted octanol–water partition coefficient (Wildman–Crippen LogP) is 2.19. The molecule has 0 aromatic heterocycles. The van der Waals surface area contributed by atoms with E-state index >= 15 is 0 Å². The second-order valence-electron chi connectivity index (χ2n) is 3.55. The fraction of sp³-hybridized carbons (Fsp3) is 0.333. The number of unbranched alkanes of at least 4 members (excludes halogenated alkanes) is 1. The monoisotopic (exact) mass is 254 g/mol. The summed E-state index contributed by atoms with van der Waals surface area (Å²) in [7, 11) is 0. The Kier molecular flexibility index (Phi) is 5.13. The zero-order chi connectivity index (χ0) is 13.5. The standard InChI is InChI=1S/C12H14O6/c1-2-3-7-17-18-10-8(11(13)14)5-4-6-9(10)12(15)16/h4-6H,2-3,7H2,1H3,(H,13,14)(H,15,16). The minimum absolute atomic E-state index is 0.244. The van der Waals surface area contributed by atoms with Gasteiger partial charge in [0.25, 0.3) is 0 Å². The molecule has 0 bridgehead atoms. The largest absolute Gasteiger partial charge is 0.478 e. The van der Waals surface area contributed by atoms with Crippen molar-refractivity contribution in [2.24, 2.45) is 0 Å². The van der Waals surface area contributed by atoms with E-state index in [4.69, 9.17) is 20.0 Å². The highest BCUT2D eigenvalue weighted by Crippen LogP contribution is 2.24. The molecule has 1 rings (SSSR count). The molecular weight excluding hydrogens is 240 g/mol. The highest BCUT2D eigenvalue weighted by Gasteiger charge is 2.20. The maximum atomic E-state index is 11.0. The van der Waals surface area contributed by atoms with Crippen LogP contribution in [0.4, 0.5) is 0 Å². The van der Waals surface area contributed by atoms with E-state index in [0.717, 1.165) is 12.8 Å². The summed E-state index contributed by atoms with van der Waals surface area (Å²) >= 11 is 0. The number of rotatable bonds is 7. The second-order valence-corrected chi connectivity index (χ2v) is 3.55. The molecule has 0 radical (unpaired) electrons. The molecule has 6 heteroatoms. The topological polar surface area (TPSA) is 93.1 Å². The molecule has 18 heavy (non-hydrogen) atoms. The van der Waals surface area contributed by atoms with Gasteiger partial charge in [-0.2, -0.15) is 4.89 Å². The van der Waals surface area contributed by atoms with Crippen LogP contribution in [-0.2, 0) is 4.89 Å². The van der Waals surface area contributed by atoms with Crippen LogP contribution in [0.1, 0.15) is 40.5 Å². The Morgan fingerprint density at radius 2 is 1.72 bits per heavy atom. The summed E-state index contributed by atoms with van der Waals surface area (Å²) in [5.41, 5.74) is -0.488. The van der Waals surface area contributed by atoms with Crippen molar-refractivity contribution in [1.82, 2.24) is 0 Å². The van der Waals surface area contributed by atoms with Gasteiger partial charge in [0.15, 0.2) is 5.75 Å². The Labute approximate surface area is 104 Å². The lowest BCUT2D eigenvalue weighted by Crippen LogP contribution is -2.10. The van der Waals surface area contributed by atoms with Crippen LogP contribution in [-0.4, -0.2) is 28.8 Å². The number of hydrogen-bond acceptors (Lipinski definition) is 4. The van der Waals surface area contributed by atoms with Crippen LogP contribution in [0.5, 0.6) is 5.75 Å².